The van der Waals surface area contributed by atoms with E-state index in [-0.39, 0.29) is 25.4 Å². The average molecular weight is 875 g/mol. The largest absolute Gasteiger partial charge is 0.472 e. The van der Waals surface area contributed by atoms with Gasteiger partial charge in [0.25, 0.3) is 0 Å². The molecule has 0 aromatic carbocycles. The van der Waals surface area contributed by atoms with Gasteiger partial charge < -0.3 is 14.4 Å². The summed E-state index contributed by atoms with van der Waals surface area (Å²) in [7, 11) is -3.22. The van der Waals surface area contributed by atoms with Crippen LogP contribution in [0.1, 0.15) is 219 Å². The third kappa shape index (κ3) is 46.8. The Hall–Kier alpha value is -2.51. The highest BCUT2D eigenvalue weighted by molar-refractivity contribution is 7.47. The van der Waals surface area contributed by atoms with Gasteiger partial charge in [0.05, 0.1) is 6.61 Å². The highest BCUT2D eigenvalue weighted by Gasteiger charge is 2.24. The Morgan fingerprint density at radius 2 is 0.836 bits per heavy atom. The molecule has 61 heavy (non-hydrogen) atoms. The Morgan fingerprint density at radius 1 is 0.475 bits per heavy atom. The molecule has 0 saturated carbocycles. The van der Waals surface area contributed by atoms with Crippen LogP contribution in [0.25, 0.3) is 0 Å². The van der Waals surface area contributed by atoms with Crippen molar-refractivity contribution in [2.24, 2.45) is 0 Å². The van der Waals surface area contributed by atoms with Crippen molar-refractivity contribution in [1.29, 1.82) is 0 Å². The van der Waals surface area contributed by atoms with Gasteiger partial charge in [-0.25, -0.2) is 4.57 Å². The normalized spacial score (nSPS) is 13.8. The van der Waals surface area contributed by atoms with Gasteiger partial charge in [-0.1, -0.05) is 196 Å². The van der Waals surface area contributed by atoms with Crippen LogP contribution in [0.15, 0.2) is 72.9 Å². The quantitative estimate of drug-likeness (QED) is 0.0279. The van der Waals surface area contributed by atoms with Gasteiger partial charge in [-0.2, -0.15) is 0 Å². The van der Waals surface area contributed by atoms with E-state index in [2.05, 4.69) is 91.3 Å². The van der Waals surface area contributed by atoms with E-state index in [1.54, 1.807) is 0 Å². The monoisotopic (exact) mass is 875 g/mol. The summed E-state index contributed by atoms with van der Waals surface area (Å²) in [6.45, 7) is 3.76. The summed E-state index contributed by atoms with van der Waals surface area (Å²) >= 11 is 0. The minimum Gasteiger partial charge on any atom is -0.462 e. The fourth-order valence-electron chi connectivity index (χ4n) is 6.68. The smallest absolute Gasteiger partial charge is 0.462 e. The molecule has 8 nitrogen and oxygen atoms in total. The number of phosphoric acid groups is 1. The lowest BCUT2D eigenvalue weighted by molar-refractivity contribution is -0.161. The molecule has 0 rings (SSSR count). The standard InChI is InChI=1S/C52H91O8P/c1-4-6-8-10-12-14-16-18-20-22-24-25-26-27-29-30-32-34-36-38-40-42-44-46-51(53)58-48-50(49-59-61(55,56)57-3)60-52(54)47-45-43-41-39-37-35-33-31-28-23-21-19-17-15-13-11-9-7-5-2/h7,9,13,15,19,21-22,24,28,31,35,37,50H,4-6,8,10-12,14,16-18,20,23,25-27,29-30,32-34,36,38-49H2,1-3H3,(H,55,56)/b9-7-,15-13-,21-19-,24-22-,31-28-,37-35-. The summed E-state index contributed by atoms with van der Waals surface area (Å²) in [6, 6.07) is 0. The van der Waals surface area contributed by atoms with Crippen molar-refractivity contribution >= 4 is 19.8 Å². The number of phosphoric ester groups is 1. The number of allylic oxidation sites excluding steroid dienone is 12. The van der Waals surface area contributed by atoms with Gasteiger partial charge in [-0.05, 0) is 83.5 Å². The predicted molar refractivity (Wildman–Crippen MR) is 258 cm³/mol. The van der Waals surface area contributed by atoms with Gasteiger partial charge in [0.1, 0.15) is 6.61 Å². The molecule has 0 spiro atoms. The van der Waals surface area contributed by atoms with Gasteiger partial charge >= 0.3 is 19.8 Å². The fraction of sp³-hybridized carbons (Fsp3) is 0.731. The van der Waals surface area contributed by atoms with E-state index in [1.165, 1.54) is 116 Å². The number of unbranched alkanes of at least 4 members (excludes halogenated alkanes) is 22. The molecule has 352 valence electrons. The summed E-state index contributed by atoms with van der Waals surface area (Å²) in [4.78, 5) is 34.6. The molecule has 2 atom stereocenters. The van der Waals surface area contributed by atoms with E-state index < -0.39 is 26.5 Å². The van der Waals surface area contributed by atoms with E-state index in [9.17, 15) is 19.0 Å². The molecular formula is C52H91O8P. The number of hydrogen-bond acceptors (Lipinski definition) is 7. The lowest BCUT2D eigenvalue weighted by Crippen LogP contribution is -2.29. The van der Waals surface area contributed by atoms with Gasteiger partial charge in [-0.3, -0.25) is 18.6 Å². The van der Waals surface area contributed by atoms with Crippen LogP contribution >= 0.6 is 7.82 Å². The average Bonchev–Trinajstić information content (AvgIpc) is 3.25. The molecule has 0 aliphatic heterocycles. The lowest BCUT2D eigenvalue weighted by atomic mass is 10.0. The highest BCUT2D eigenvalue weighted by atomic mass is 31.2. The second kappa shape index (κ2) is 47.0. The second-order valence-corrected chi connectivity index (χ2v) is 17.8. The van der Waals surface area contributed by atoms with E-state index in [0.717, 1.165) is 77.7 Å². The second-order valence-electron chi connectivity index (χ2n) is 16.2. The maximum Gasteiger partial charge on any atom is 0.472 e. The highest BCUT2D eigenvalue weighted by Crippen LogP contribution is 2.42. The summed E-state index contributed by atoms with van der Waals surface area (Å²) in [6.07, 6.45) is 61.1. The molecule has 9 heteroatoms. The molecule has 0 heterocycles. The maximum absolute atomic E-state index is 12.5. The molecule has 0 aliphatic rings. The van der Waals surface area contributed by atoms with Crippen LogP contribution in [0.3, 0.4) is 0 Å². The van der Waals surface area contributed by atoms with Crippen LogP contribution in [-0.2, 0) is 32.7 Å². The predicted octanol–water partition coefficient (Wildman–Crippen LogP) is 16.1. The summed E-state index contributed by atoms with van der Waals surface area (Å²) in [5, 5.41) is 0. The molecular weight excluding hydrogens is 784 g/mol. The summed E-state index contributed by atoms with van der Waals surface area (Å²) in [5.74, 6) is -0.842. The third-order valence-corrected chi connectivity index (χ3v) is 11.4. The third-order valence-electron chi connectivity index (χ3n) is 10.4. The number of carbonyl (C=O) groups is 2. The van der Waals surface area contributed by atoms with Gasteiger partial charge in [0.2, 0.25) is 0 Å². The number of hydrogen-bond donors (Lipinski definition) is 1. The molecule has 0 aliphatic carbocycles. The van der Waals surface area contributed by atoms with Crippen molar-refractivity contribution in [2.75, 3.05) is 20.3 Å². The van der Waals surface area contributed by atoms with Crippen LogP contribution in [0.5, 0.6) is 0 Å². The minimum absolute atomic E-state index is 0.203. The first-order valence-electron chi connectivity index (χ1n) is 24.6. The molecule has 0 bridgehead atoms. The summed E-state index contributed by atoms with van der Waals surface area (Å²) in [5.41, 5.74) is 0. The van der Waals surface area contributed by atoms with Crippen LogP contribution < -0.4 is 0 Å². The molecule has 0 radical (unpaired) electrons. The topological polar surface area (TPSA) is 108 Å². The number of carbonyl (C=O) groups excluding carboxylic acids is 2. The SMILES string of the molecule is CC/C=C\C/C=C\C/C=C\C/C=C\C/C=C\CCCCCC(=O)OC(COC(=O)CCCCCCCCCCCCC/C=C\CCCCCCCCCC)COP(=O)(O)OC. The van der Waals surface area contributed by atoms with Gasteiger partial charge in [0, 0.05) is 20.0 Å². The van der Waals surface area contributed by atoms with Crippen molar-refractivity contribution in [1.82, 2.24) is 0 Å². The Balaban J connectivity index is 3.97. The van der Waals surface area contributed by atoms with Crippen molar-refractivity contribution < 1.29 is 37.6 Å². The molecule has 1 N–H and O–H groups in total. The molecule has 0 aromatic rings. The molecule has 0 fully saturated rings. The fourth-order valence-corrected chi connectivity index (χ4v) is 7.14. The minimum atomic E-state index is -4.28. The van der Waals surface area contributed by atoms with Crippen molar-refractivity contribution in [2.45, 2.75) is 225 Å². The Kier molecular flexibility index (Phi) is 45.0. The molecule has 0 aromatic heterocycles. The first kappa shape index (κ1) is 58.5. The van der Waals surface area contributed by atoms with Crippen LogP contribution in [-0.4, -0.2) is 43.3 Å². The Labute approximate surface area is 374 Å². The first-order valence-corrected chi connectivity index (χ1v) is 26.1. The van der Waals surface area contributed by atoms with Crippen molar-refractivity contribution in [3.8, 4) is 0 Å². The molecule has 0 saturated heterocycles. The van der Waals surface area contributed by atoms with Crippen LogP contribution in [0.2, 0.25) is 0 Å². The first-order chi connectivity index (χ1) is 29.8. The maximum atomic E-state index is 12.5. The van der Waals surface area contributed by atoms with Gasteiger partial charge in [0.15, 0.2) is 6.10 Å². The molecule has 2 unspecified atom stereocenters. The lowest BCUT2D eigenvalue weighted by Gasteiger charge is -2.19. The number of rotatable bonds is 45. The number of ether oxygens (including phenoxy) is 2. The zero-order valence-corrected chi connectivity index (χ0v) is 40.2. The van der Waals surface area contributed by atoms with E-state index in [4.69, 9.17) is 14.0 Å². The van der Waals surface area contributed by atoms with Gasteiger partial charge in [-0.15, -0.1) is 0 Å². The Bertz CT molecular complexity index is 1220. The summed E-state index contributed by atoms with van der Waals surface area (Å²) < 4.78 is 32.1. The van der Waals surface area contributed by atoms with Crippen molar-refractivity contribution in [3.63, 3.8) is 0 Å². The van der Waals surface area contributed by atoms with Crippen LogP contribution in [0, 0.1) is 0 Å². The zero-order chi connectivity index (χ0) is 44.6. The van der Waals surface area contributed by atoms with E-state index in [1.807, 2.05) is 0 Å². The zero-order valence-electron chi connectivity index (χ0n) is 39.3. The van der Waals surface area contributed by atoms with E-state index >= 15 is 0 Å². The Morgan fingerprint density at radius 3 is 1.28 bits per heavy atom. The van der Waals surface area contributed by atoms with Crippen molar-refractivity contribution in [3.05, 3.63) is 72.9 Å². The number of esters is 2. The van der Waals surface area contributed by atoms with E-state index in [0.29, 0.717) is 6.42 Å². The molecule has 0 amide bonds. The van der Waals surface area contributed by atoms with Crippen LogP contribution in [0.4, 0.5) is 0 Å².